The van der Waals surface area contributed by atoms with Crippen LogP contribution in [0, 0.1) is 12.3 Å². The van der Waals surface area contributed by atoms with E-state index in [1.54, 1.807) is 11.3 Å². The molecule has 0 amide bonds. The number of aryl methyl sites for hydroxylation is 1. The van der Waals surface area contributed by atoms with Crippen molar-refractivity contribution in [3.05, 3.63) is 16.2 Å². The first-order valence-corrected chi connectivity index (χ1v) is 7.07. The Morgan fingerprint density at radius 3 is 3.06 bits per heavy atom. The Balaban J connectivity index is 2.25. The van der Waals surface area contributed by atoms with Crippen LogP contribution in [0.4, 0.5) is 5.82 Å². The summed E-state index contributed by atoms with van der Waals surface area (Å²) in [6.07, 6.45) is 7.90. The summed E-state index contributed by atoms with van der Waals surface area (Å²) in [5, 5.41) is 4.60. The summed E-state index contributed by atoms with van der Waals surface area (Å²) in [6, 6.07) is 2.12. The zero-order chi connectivity index (χ0) is 13.0. The number of fused-ring (bicyclic) bond motifs is 1. The van der Waals surface area contributed by atoms with Gasteiger partial charge >= 0.3 is 0 Å². The van der Waals surface area contributed by atoms with E-state index in [2.05, 4.69) is 34.2 Å². The average molecular weight is 280 g/mol. The van der Waals surface area contributed by atoms with Gasteiger partial charge in [-0.25, -0.2) is 9.97 Å². The molecule has 2 aromatic heterocycles. The molecular formula is C13H14ClN3S. The molecule has 0 saturated heterocycles. The minimum Gasteiger partial charge on any atom is -0.369 e. The van der Waals surface area contributed by atoms with Crippen molar-refractivity contribution in [1.82, 2.24) is 9.97 Å². The van der Waals surface area contributed by atoms with E-state index in [1.165, 1.54) is 4.88 Å². The standard InChI is InChI=1S/C13H14ClN3S/c1-3-5-6-7-15-11-10-8-9(4-2)18-12(10)17-13(14)16-11/h1,8H,4-7H2,2H3,(H,15,16,17). The molecular weight excluding hydrogens is 266 g/mol. The average Bonchev–Trinajstić information content (AvgIpc) is 2.77. The molecule has 0 aliphatic heterocycles. The van der Waals surface area contributed by atoms with Gasteiger partial charge in [0.25, 0.3) is 0 Å². The highest BCUT2D eigenvalue weighted by Crippen LogP contribution is 2.30. The van der Waals surface area contributed by atoms with E-state index in [9.17, 15) is 0 Å². The van der Waals surface area contributed by atoms with Gasteiger partial charge in [0.2, 0.25) is 5.28 Å². The van der Waals surface area contributed by atoms with Crippen molar-refractivity contribution < 1.29 is 0 Å². The van der Waals surface area contributed by atoms with Crippen molar-refractivity contribution in [2.45, 2.75) is 26.2 Å². The summed E-state index contributed by atoms with van der Waals surface area (Å²) in [4.78, 5) is 10.7. The maximum absolute atomic E-state index is 5.93. The van der Waals surface area contributed by atoms with E-state index in [4.69, 9.17) is 18.0 Å². The molecule has 0 radical (unpaired) electrons. The number of hydrogen-bond donors (Lipinski definition) is 1. The molecule has 0 spiro atoms. The van der Waals surface area contributed by atoms with E-state index in [1.807, 2.05) is 0 Å². The second-order valence-corrected chi connectivity index (χ2v) is 5.31. The molecule has 0 saturated carbocycles. The molecule has 94 valence electrons. The van der Waals surface area contributed by atoms with E-state index in [0.29, 0.717) is 0 Å². The van der Waals surface area contributed by atoms with E-state index >= 15 is 0 Å². The summed E-state index contributed by atoms with van der Waals surface area (Å²) in [5.74, 6) is 3.42. The second-order valence-electron chi connectivity index (χ2n) is 3.86. The molecule has 18 heavy (non-hydrogen) atoms. The van der Waals surface area contributed by atoms with Gasteiger partial charge in [-0.1, -0.05) is 6.92 Å². The zero-order valence-electron chi connectivity index (χ0n) is 10.2. The van der Waals surface area contributed by atoms with Crippen molar-refractivity contribution >= 4 is 39.0 Å². The molecule has 0 aliphatic carbocycles. The summed E-state index contributed by atoms with van der Waals surface area (Å²) in [5.41, 5.74) is 0. The van der Waals surface area contributed by atoms with Crippen LogP contribution in [0.5, 0.6) is 0 Å². The number of nitrogens with one attached hydrogen (secondary N) is 1. The third kappa shape index (κ3) is 2.92. The van der Waals surface area contributed by atoms with Crippen LogP contribution < -0.4 is 5.32 Å². The van der Waals surface area contributed by atoms with Crippen molar-refractivity contribution in [2.75, 3.05) is 11.9 Å². The van der Waals surface area contributed by atoms with Gasteiger partial charge in [-0.2, -0.15) is 0 Å². The van der Waals surface area contributed by atoms with Gasteiger partial charge in [0.1, 0.15) is 10.6 Å². The lowest BCUT2D eigenvalue weighted by Gasteiger charge is -2.05. The van der Waals surface area contributed by atoms with E-state index in [-0.39, 0.29) is 5.28 Å². The second kappa shape index (κ2) is 6.03. The highest BCUT2D eigenvalue weighted by Gasteiger charge is 2.09. The molecule has 0 unspecified atom stereocenters. The first-order valence-electron chi connectivity index (χ1n) is 5.88. The van der Waals surface area contributed by atoms with Gasteiger partial charge in [-0.15, -0.1) is 23.7 Å². The molecule has 3 nitrogen and oxygen atoms in total. The van der Waals surface area contributed by atoms with Gasteiger partial charge in [-0.3, -0.25) is 0 Å². The largest absolute Gasteiger partial charge is 0.369 e. The third-order valence-electron chi connectivity index (χ3n) is 2.56. The summed E-state index contributed by atoms with van der Waals surface area (Å²) in [7, 11) is 0. The first-order chi connectivity index (χ1) is 8.74. The zero-order valence-corrected chi connectivity index (χ0v) is 11.7. The van der Waals surface area contributed by atoms with Gasteiger partial charge in [-0.05, 0) is 30.5 Å². The molecule has 2 rings (SSSR count). The minimum absolute atomic E-state index is 0.284. The maximum Gasteiger partial charge on any atom is 0.225 e. The lowest BCUT2D eigenvalue weighted by atomic mass is 10.3. The maximum atomic E-state index is 5.93. The van der Waals surface area contributed by atoms with Crippen molar-refractivity contribution in [2.24, 2.45) is 0 Å². The summed E-state index contributed by atoms with van der Waals surface area (Å²) in [6.45, 7) is 2.92. The highest BCUT2D eigenvalue weighted by atomic mass is 35.5. The number of aromatic nitrogens is 2. The van der Waals surface area contributed by atoms with Crippen LogP contribution in [0.3, 0.4) is 0 Å². The molecule has 0 bridgehead atoms. The fraction of sp³-hybridized carbons (Fsp3) is 0.385. The Bertz CT molecular complexity index is 586. The number of halogens is 1. The van der Waals surface area contributed by atoms with Gasteiger partial charge in [0.05, 0.1) is 5.39 Å². The number of hydrogen-bond acceptors (Lipinski definition) is 4. The predicted octanol–water partition coefficient (Wildman–Crippen LogP) is 3.73. The molecule has 0 aliphatic rings. The smallest absolute Gasteiger partial charge is 0.225 e. The summed E-state index contributed by atoms with van der Waals surface area (Å²) >= 11 is 7.59. The van der Waals surface area contributed by atoms with Crippen molar-refractivity contribution in [3.63, 3.8) is 0 Å². The van der Waals surface area contributed by atoms with Crippen LogP contribution in [-0.4, -0.2) is 16.5 Å². The Kier molecular flexibility index (Phi) is 4.40. The SMILES string of the molecule is C#CCCCNc1nc(Cl)nc2sc(CC)cc12. The Labute approximate surface area is 116 Å². The normalized spacial score (nSPS) is 10.5. The quantitative estimate of drug-likeness (QED) is 0.515. The number of anilines is 1. The molecule has 0 atom stereocenters. The van der Waals surface area contributed by atoms with Gasteiger partial charge in [0, 0.05) is 17.8 Å². The first kappa shape index (κ1) is 13.1. The number of terminal acetylenes is 1. The third-order valence-corrected chi connectivity index (χ3v) is 3.90. The Hall–Kier alpha value is -1.31. The van der Waals surface area contributed by atoms with Gasteiger partial charge in [0.15, 0.2) is 0 Å². The highest BCUT2D eigenvalue weighted by molar-refractivity contribution is 7.18. The van der Waals surface area contributed by atoms with Crippen LogP contribution in [0.1, 0.15) is 24.6 Å². The number of unbranched alkanes of at least 4 members (excludes halogenated alkanes) is 1. The fourth-order valence-corrected chi connectivity index (χ4v) is 2.84. The number of rotatable bonds is 5. The van der Waals surface area contributed by atoms with Crippen LogP contribution >= 0.6 is 22.9 Å². The van der Waals surface area contributed by atoms with Crippen molar-refractivity contribution in [3.8, 4) is 12.3 Å². The molecule has 2 heterocycles. The van der Waals surface area contributed by atoms with Crippen LogP contribution in [0.2, 0.25) is 5.28 Å². The van der Waals surface area contributed by atoms with Gasteiger partial charge < -0.3 is 5.32 Å². The van der Waals surface area contributed by atoms with E-state index in [0.717, 1.165) is 41.8 Å². The number of nitrogens with zero attached hydrogens (tertiary/aromatic N) is 2. The monoisotopic (exact) mass is 279 g/mol. The molecule has 2 aromatic rings. The topological polar surface area (TPSA) is 37.8 Å². The lowest BCUT2D eigenvalue weighted by molar-refractivity contribution is 0.902. The Morgan fingerprint density at radius 1 is 1.50 bits per heavy atom. The number of thiophene rings is 1. The molecule has 5 heteroatoms. The predicted molar refractivity (Wildman–Crippen MR) is 78.4 cm³/mol. The van der Waals surface area contributed by atoms with Crippen LogP contribution in [0.25, 0.3) is 10.2 Å². The lowest BCUT2D eigenvalue weighted by Crippen LogP contribution is -2.04. The molecule has 0 fully saturated rings. The molecule has 1 N–H and O–H groups in total. The fourth-order valence-electron chi connectivity index (χ4n) is 1.65. The minimum atomic E-state index is 0.284. The van der Waals surface area contributed by atoms with Crippen LogP contribution in [0.15, 0.2) is 6.07 Å². The Morgan fingerprint density at radius 2 is 2.33 bits per heavy atom. The van der Waals surface area contributed by atoms with E-state index < -0.39 is 0 Å². The van der Waals surface area contributed by atoms with Crippen LogP contribution in [-0.2, 0) is 6.42 Å². The summed E-state index contributed by atoms with van der Waals surface area (Å²) < 4.78 is 0. The molecule has 0 aromatic carbocycles. The van der Waals surface area contributed by atoms with Crippen molar-refractivity contribution in [1.29, 1.82) is 0 Å².